The van der Waals surface area contributed by atoms with Crippen LogP contribution in [0.25, 0.3) is 5.69 Å². The zero-order valence-electron chi connectivity index (χ0n) is 12.0. The normalized spacial score (nSPS) is 11.9. The van der Waals surface area contributed by atoms with Crippen molar-refractivity contribution in [3.8, 4) is 5.69 Å². The van der Waals surface area contributed by atoms with Gasteiger partial charge >= 0.3 is 6.18 Å². The van der Waals surface area contributed by atoms with Gasteiger partial charge < -0.3 is 5.32 Å². The van der Waals surface area contributed by atoms with Crippen molar-refractivity contribution in [1.82, 2.24) is 15.1 Å². The second-order valence-electron chi connectivity index (χ2n) is 4.71. The average molecular weight is 297 g/mol. The van der Waals surface area contributed by atoms with Crippen LogP contribution in [0.2, 0.25) is 0 Å². The van der Waals surface area contributed by atoms with E-state index in [4.69, 9.17) is 0 Å². The molecule has 0 saturated carbocycles. The lowest BCUT2D eigenvalue weighted by atomic mass is 10.1. The number of nitrogens with zero attached hydrogens (tertiary/aromatic N) is 2. The molecule has 0 aliphatic heterocycles. The van der Waals surface area contributed by atoms with E-state index in [-0.39, 0.29) is 0 Å². The highest BCUT2D eigenvalue weighted by Gasteiger charge is 2.30. The van der Waals surface area contributed by atoms with Crippen LogP contribution in [0.4, 0.5) is 13.2 Å². The fourth-order valence-corrected chi connectivity index (χ4v) is 2.21. The van der Waals surface area contributed by atoms with E-state index in [0.717, 1.165) is 36.4 Å². The molecule has 3 nitrogen and oxygen atoms in total. The van der Waals surface area contributed by atoms with Crippen LogP contribution in [0.15, 0.2) is 30.5 Å². The first-order chi connectivity index (χ1) is 9.97. The molecule has 6 heteroatoms. The number of benzene rings is 1. The molecule has 0 radical (unpaired) electrons. The van der Waals surface area contributed by atoms with Gasteiger partial charge in [0, 0.05) is 17.8 Å². The van der Waals surface area contributed by atoms with Crippen molar-refractivity contribution in [2.24, 2.45) is 0 Å². The maximum Gasteiger partial charge on any atom is 0.416 e. The van der Waals surface area contributed by atoms with Gasteiger partial charge in [-0.2, -0.15) is 18.3 Å². The summed E-state index contributed by atoms with van der Waals surface area (Å²) in [5.74, 6) is 0. The molecule has 0 aliphatic carbocycles. The topological polar surface area (TPSA) is 29.9 Å². The second kappa shape index (κ2) is 6.30. The quantitative estimate of drug-likeness (QED) is 0.914. The summed E-state index contributed by atoms with van der Waals surface area (Å²) in [6.07, 6.45) is -1.78. The summed E-state index contributed by atoms with van der Waals surface area (Å²) in [6.45, 7) is 5.59. The Hall–Kier alpha value is -1.82. The van der Waals surface area contributed by atoms with Gasteiger partial charge in [0.25, 0.3) is 0 Å². The van der Waals surface area contributed by atoms with Gasteiger partial charge in [0.15, 0.2) is 0 Å². The van der Waals surface area contributed by atoms with Crippen molar-refractivity contribution in [3.63, 3.8) is 0 Å². The van der Waals surface area contributed by atoms with Gasteiger partial charge in [-0.1, -0.05) is 13.8 Å². The first-order valence-corrected chi connectivity index (χ1v) is 6.91. The zero-order valence-corrected chi connectivity index (χ0v) is 12.0. The van der Waals surface area contributed by atoms with E-state index in [0.29, 0.717) is 12.2 Å². The monoisotopic (exact) mass is 297 g/mol. The molecule has 2 rings (SSSR count). The molecule has 1 heterocycles. The minimum atomic E-state index is -4.31. The molecule has 0 saturated heterocycles. The van der Waals surface area contributed by atoms with E-state index in [2.05, 4.69) is 10.4 Å². The van der Waals surface area contributed by atoms with Crippen LogP contribution in [-0.2, 0) is 19.1 Å². The van der Waals surface area contributed by atoms with Crippen LogP contribution < -0.4 is 5.32 Å². The average Bonchev–Trinajstić information content (AvgIpc) is 2.87. The molecule has 0 atom stereocenters. The Labute approximate surface area is 121 Å². The van der Waals surface area contributed by atoms with Crippen LogP contribution in [0.1, 0.15) is 30.7 Å². The van der Waals surface area contributed by atoms with Gasteiger partial charge in [0.2, 0.25) is 0 Å². The third kappa shape index (κ3) is 3.44. The van der Waals surface area contributed by atoms with E-state index in [1.165, 1.54) is 12.1 Å². The Morgan fingerprint density at radius 2 is 1.81 bits per heavy atom. The molecule has 2 aromatic rings. The molecule has 1 N–H and O–H groups in total. The van der Waals surface area contributed by atoms with E-state index in [1.54, 1.807) is 10.9 Å². The first kappa shape index (κ1) is 15.6. The smallest absolute Gasteiger partial charge is 0.313 e. The van der Waals surface area contributed by atoms with E-state index < -0.39 is 11.7 Å². The molecule has 0 bridgehead atoms. The number of aromatic nitrogens is 2. The van der Waals surface area contributed by atoms with Crippen molar-refractivity contribution in [1.29, 1.82) is 0 Å². The molecular formula is C15H18F3N3. The highest BCUT2D eigenvalue weighted by atomic mass is 19.4. The summed E-state index contributed by atoms with van der Waals surface area (Å²) in [7, 11) is 0. The maximum atomic E-state index is 12.6. The SMILES string of the molecule is CCNCc1cnn(-c2ccc(C(F)(F)F)cc2)c1CC. The van der Waals surface area contributed by atoms with Crippen LogP contribution >= 0.6 is 0 Å². The highest BCUT2D eigenvalue weighted by molar-refractivity contribution is 5.38. The third-order valence-electron chi connectivity index (χ3n) is 3.29. The highest BCUT2D eigenvalue weighted by Crippen LogP contribution is 2.29. The van der Waals surface area contributed by atoms with Gasteiger partial charge in [-0.25, -0.2) is 4.68 Å². The molecule has 21 heavy (non-hydrogen) atoms. The molecule has 1 aromatic carbocycles. The molecular weight excluding hydrogens is 279 g/mol. The van der Waals surface area contributed by atoms with E-state index in [9.17, 15) is 13.2 Å². The van der Waals surface area contributed by atoms with Crippen LogP contribution in [0.3, 0.4) is 0 Å². The van der Waals surface area contributed by atoms with Crippen LogP contribution in [-0.4, -0.2) is 16.3 Å². The summed E-state index contributed by atoms with van der Waals surface area (Å²) < 4.78 is 39.4. The summed E-state index contributed by atoms with van der Waals surface area (Å²) in [4.78, 5) is 0. The van der Waals surface area contributed by atoms with E-state index in [1.807, 2.05) is 13.8 Å². The van der Waals surface area contributed by atoms with Crippen molar-refractivity contribution in [2.75, 3.05) is 6.54 Å². The number of rotatable bonds is 5. The minimum Gasteiger partial charge on any atom is -0.313 e. The van der Waals surface area contributed by atoms with Crippen LogP contribution in [0, 0.1) is 0 Å². The lowest BCUT2D eigenvalue weighted by molar-refractivity contribution is -0.137. The maximum absolute atomic E-state index is 12.6. The zero-order chi connectivity index (χ0) is 15.5. The number of halogens is 3. The molecule has 0 unspecified atom stereocenters. The van der Waals surface area contributed by atoms with Gasteiger partial charge in [0.05, 0.1) is 17.4 Å². The summed E-state index contributed by atoms with van der Waals surface area (Å²) >= 11 is 0. The Kier molecular flexibility index (Phi) is 4.67. The van der Waals surface area contributed by atoms with Gasteiger partial charge in [-0.05, 0) is 37.2 Å². The third-order valence-corrected chi connectivity index (χ3v) is 3.29. The second-order valence-corrected chi connectivity index (χ2v) is 4.71. The van der Waals surface area contributed by atoms with E-state index >= 15 is 0 Å². The Balaban J connectivity index is 2.31. The minimum absolute atomic E-state index is 0.641. The number of nitrogens with one attached hydrogen (secondary N) is 1. The Morgan fingerprint density at radius 3 is 2.33 bits per heavy atom. The van der Waals surface area contributed by atoms with Crippen molar-refractivity contribution < 1.29 is 13.2 Å². The molecule has 114 valence electrons. The van der Waals surface area contributed by atoms with Gasteiger partial charge in [-0.3, -0.25) is 0 Å². The Morgan fingerprint density at radius 1 is 1.14 bits per heavy atom. The van der Waals surface area contributed by atoms with Crippen molar-refractivity contribution >= 4 is 0 Å². The summed E-state index contributed by atoms with van der Waals surface area (Å²) in [5.41, 5.74) is 2.07. The largest absolute Gasteiger partial charge is 0.416 e. The summed E-state index contributed by atoms with van der Waals surface area (Å²) in [6, 6.07) is 5.07. The van der Waals surface area contributed by atoms with Gasteiger partial charge in [0.1, 0.15) is 0 Å². The fourth-order valence-electron chi connectivity index (χ4n) is 2.21. The lowest BCUT2D eigenvalue weighted by Gasteiger charge is -2.10. The van der Waals surface area contributed by atoms with Gasteiger partial charge in [-0.15, -0.1) is 0 Å². The number of hydrogen-bond donors (Lipinski definition) is 1. The summed E-state index contributed by atoms with van der Waals surface area (Å²) in [5, 5.41) is 7.53. The molecule has 0 fully saturated rings. The van der Waals surface area contributed by atoms with Crippen molar-refractivity contribution in [2.45, 2.75) is 33.0 Å². The Bertz CT molecular complexity index is 585. The molecule has 1 aromatic heterocycles. The van der Waals surface area contributed by atoms with Crippen LogP contribution in [0.5, 0.6) is 0 Å². The molecule has 0 spiro atoms. The number of hydrogen-bond acceptors (Lipinski definition) is 2. The fraction of sp³-hybridized carbons (Fsp3) is 0.400. The molecule has 0 aliphatic rings. The molecule has 0 amide bonds. The van der Waals surface area contributed by atoms with Crippen molar-refractivity contribution in [3.05, 3.63) is 47.3 Å². The number of alkyl halides is 3. The standard InChI is InChI=1S/C15H18F3N3/c1-3-14-11(9-19-4-2)10-20-21(14)13-7-5-12(6-8-13)15(16,17)18/h5-8,10,19H,3-4,9H2,1-2H3. The lowest BCUT2D eigenvalue weighted by Crippen LogP contribution is -2.13. The predicted molar refractivity (Wildman–Crippen MR) is 75.3 cm³/mol. The predicted octanol–water partition coefficient (Wildman–Crippen LogP) is 3.56. The first-order valence-electron chi connectivity index (χ1n) is 6.91.